The van der Waals surface area contributed by atoms with E-state index in [4.69, 9.17) is 0 Å². The van der Waals surface area contributed by atoms with Crippen molar-refractivity contribution in [3.8, 4) is 0 Å². The summed E-state index contributed by atoms with van der Waals surface area (Å²) in [7, 11) is 0. The molecule has 0 saturated carbocycles. The molecule has 1 N–H and O–H groups in total. The second-order valence-electron chi connectivity index (χ2n) is 3.70. The number of β-amino-alcohol motifs (C(OH)–C–C–N with tert-alkyl or cyclic N) is 1. The van der Waals surface area contributed by atoms with Gasteiger partial charge < -0.3 is 10.0 Å². The predicted molar refractivity (Wildman–Crippen MR) is 65.7 cm³/mol. The summed E-state index contributed by atoms with van der Waals surface area (Å²) in [4.78, 5) is 13.7. The normalized spacial score (nSPS) is 20.7. The lowest BCUT2D eigenvalue weighted by Gasteiger charge is -2.15. The van der Waals surface area contributed by atoms with Crippen LogP contribution in [-0.4, -0.2) is 35.1 Å². The summed E-state index contributed by atoms with van der Waals surface area (Å²) >= 11 is 2.19. The molecular formula is C11H12INO2. The second kappa shape index (κ2) is 4.49. The fraction of sp³-hybridized carbons (Fsp3) is 0.364. The van der Waals surface area contributed by atoms with E-state index in [1.54, 1.807) is 4.90 Å². The molecule has 3 nitrogen and oxygen atoms in total. The molecule has 1 aromatic rings. The molecular weight excluding hydrogens is 305 g/mol. The zero-order valence-corrected chi connectivity index (χ0v) is 10.3. The van der Waals surface area contributed by atoms with E-state index in [-0.39, 0.29) is 12.0 Å². The number of carbonyl (C=O) groups excluding carboxylic acids is 1. The summed E-state index contributed by atoms with van der Waals surface area (Å²) in [5.74, 6) is 0.0186. The Hall–Kier alpha value is -0.620. The first-order valence-corrected chi connectivity index (χ1v) is 5.97. The van der Waals surface area contributed by atoms with Gasteiger partial charge in [0, 0.05) is 22.2 Å². The molecule has 15 heavy (non-hydrogen) atoms. The summed E-state index contributed by atoms with van der Waals surface area (Å²) in [6, 6.07) is 7.51. The zero-order chi connectivity index (χ0) is 10.8. The van der Waals surface area contributed by atoms with Crippen molar-refractivity contribution >= 4 is 28.5 Å². The van der Waals surface area contributed by atoms with E-state index in [0.29, 0.717) is 25.1 Å². The molecule has 0 bridgehead atoms. The molecule has 0 aliphatic carbocycles. The number of likely N-dealkylation sites (tertiary alicyclic amines) is 1. The molecule has 2 rings (SSSR count). The largest absolute Gasteiger partial charge is 0.391 e. The van der Waals surface area contributed by atoms with Crippen LogP contribution in [0.25, 0.3) is 0 Å². The molecule has 1 saturated heterocycles. The van der Waals surface area contributed by atoms with Crippen LogP contribution in [0.1, 0.15) is 16.8 Å². The van der Waals surface area contributed by atoms with Crippen LogP contribution >= 0.6 is 22.6 Å². The van der Waals surface area contributed by atoms with Gasteiger partial charge in [-0.3, -0.25) is 4.79 Å². The Labute approximate surface area is 102 Å². The van der Waals surface area contributed by atoms with Gasteiger partial charge in [-0.2, -0.15) is 0 Å². The molecule has 1 atom stereocenters. The first-order chi connectivity index (χ1) is 7.16. The Morgan fingerprint density at radius 3 is 2.93 bits per heavy atom. The van der Waals surface area contributed by atoms with Gasteiger partial charge in [0.1, 0.15) is 0 Å². The first-order valence-electron chi connectivity index (χ1n) is 4.90. The van der Waals surface area contributed by atoms with E-state index in [2.05, 4.69) is 22.6 Å². The quantitative estimate of drug-likeness (QED) is 0.798. The summed E-state index contributed by atoms with van der Waals surface area (Å²) < 4.78 is 1.05. The van der Waals surface area contributed by atoms with Crippen LogP contribution in [0.5, 0.6) is 0 Å². The molecule has 0 spiro atoms. The summed E-state index contributed by atoms with van der Waals surface area (Å²) in [5.41, 5.74) is 0.705. The third kappa shape index (κ3) is 2.49. The minimum absolute atomic E-state index is 0.0186. The van der Waals surface area contributed by atoms with Crippen LogP contribution in [0.3, 0.4) is 0 Å². The molecule has 1 aliphatic rings. The van der Waals surface area contributed by atoms with Crippen molar-refractivity contribution in [3.05, 3.63) is 33.4 Å². The highest BCUT2D eigenvalue weighted by Gasteiger charge is 2.25. The monoisotopic (exact) mass is 317 g/mol. The molecule has 0 aromatic heterocycles. The van der Waals surface area contributed by atoms with Gasteiger partial charge in [0.15, 0.2) is 0 Å². The van der Waals surface area contributed by atoms with Crippen molar-refractivity contribution in [2.75, 3.05) is 13.1 Å². The van der Waals surface area contributed by atoms with Gasteiger partial charge in [-0.05, 0) is 47.2 Å². The summed E-state index contributed by atoms with van der Waals surface area (Å²) in [5, 5.41) is 9.35. The number of hydrogen-bond donors (Lipinski definition) is 1. The van der Waals surface area contributed by atoms with Crippen molar-refractivity contribution in [3.63, 3.8) is 0 Å². The van der Waals surface area contributed by atoms with Crippen LogP contribution in [0.4, 0.5) is 0 Å². The maximum Gasteiger partial charge on any atom is 0.253 e. The zero-order valence-electron chi connectivity index (χ0n) is 8.19. The van der Waals surface area contributed by atoms with Gasteiger partial charge in [0.05, 0.1) is 6.10 Å². The lowest BCUT2D eigenvalue weighted by atomic mass is 10.2. The molecule has 80 valence electrons. The fourth-order valence-electron chi connectivity index (χ4n) is 1.73. The van der Waals surface area contributed by atoms with Crippen LogP contribution < -0.4 is 0 Å². The van der Waals surface area contributed by atoms with Gasteiger partial charge in [0.2, 0.25) is 0 Å². The topological polar surface area (TPSA) is 40.5 Å². The number of benzene rings is 1. The number of halogens is 1. The van der Waals surface area contributed by atoms with Gasteiger partial charge in [-0.15, -0.1) is 0 Å². The smallest absolute Gasteiger partial charge is 0.253 e. The highest BCUT2D eigenvalue weighted by atomic mass is 127. The number of amides is 1. The Bertz CT molecular complexity index is 381. The minimum atomic E-state index is -0.350. The molecule has 1 aromatic carbocycles. The number of carbonyl (C=O) groups is 1. The highest BCUT2D eigenvalue weighted by molar-refractivity contribution is 14.1. The Morgan fingerprint density at radius 2 is 2.33 bits per heavy atom. The van der Waals surface area contributed by atoms with Crippen LogP contribution in [0, 0.1) is 3.57 Å². The highest BCUT2D eigenvalue weighted by Crippen LogP contribution is 2.15. The van der Waals surface area contributed by atoms with Crippen molar-refractivity contribution in [1.29, 1.82) is 0 Å². The Kier molecular flexibility index (Phi) is 3.25. The second-order valence-corrected chi connectivity index (χ2v) is 4.95. The predicted octanol–water partition coefficient (Wildman–Crippen LogP) is 1.50. The third-order valence-electron chi connectivity index (χ3n) is 2.52. The fourth-order valence-corrected chi connectivity index (χ4v) is 2.27. The van der Waals surface area contributed by atoms with Gasteiger partial charge in [0.25, 0.3) is 5.91 Å². The summed E-state index contributed by atoms with van der Waals surface area (Å²) in [6.07, 6.45) is 0.340. The van der Waals surface area contributed by atoms with Crippen molar-refractivity contribution in [2.24, 2.45) is 0 Å². The maximum atomic E-state index is 12.0. The van der Waals surface area contributed by atoms with Crippen LogP contribution in [0.15, 0.2) is 24.3 Å². The maximum absolute atomic E-state index is 12.0. The molecule has 1 aliphatic heterocycles. The van der Waals surface area contributed by atoms with Gasteiger partial charge in [-0.25, -0.2) is 0 Å². The molecule has 4 heteroatoms. The number of nitrogens with zero attached hydrogens (tertiary/aromatic N) is 1. The van der Waals surface area contributed by atoms with Crippen molar-refractivity contribution in [1.82, 2.24) is 4.90 Å². The van der Waals surface area contributed by atoms with E-state index in [9.17, 15) is 9.90 Å². The number of aliphatic hydroxyl groups excluding tert-OH is 1. The molecule has 1 fully saturated rings. The van der Waals surface area contributed by atoms with E-state index in [1.165, 1.54) is 0 Å². The molecule has 1 unspecified atom stereocenters. The average molecular weight is 317 g/mol. The molecule has 0 radical (unpaired) electrons. The Balaban J connectivity index is 2.14. The van der Waals surface area contributed by atoms with Crippen LogP contribution in [-0.2, 0) is 0 Å². The third-order valence-corrected chi connectivity index (χ3v) is 3.19. The molecule has 1 amide bonds. The number of hydrogen-bond acceptors (Lipinski definition) is 2. The Morgan fingerprint density at radius 1 is 1.53 bits per heavy atom. The van der Waals surface area contributed by atoms with Gasteiger partial charge in [-0.1, -0.05) is 6.07 Å². The molecule has 1 heterocycles. The lowest BCUT2D eigenvalue weighted by Crippen LogP contribution is -2.29. The average Bonchev–Trinajstić information content (AvgIpc) is 2.64. The minimum Gasteiger partial charge on any atom is -0.391 e. The first kappa shape index (κ1) is 10.9. The standard InChI is InChI=1S/C11H12INO2/c12-9-3-1-2-8(6-9)11(15)13-5-4-10(14)7-13/h1-3,6,10,14H,4-5,7H2. The SMILES string of the molecule is O=C(c1cccc(I)c1)N1CCC(O)C1. The van der Waals surface area contributed by atoms with E-state index in [1.807, 2.05) is 24.3 Å². The van der Waals surface area contributed by atoms with E-state index >= 15 is 0 Å². The van der Waals surface area contributed by atoms with Crippen molar-refractivity contribution in [2.45, 2.75) is 12.5 Å². The number of rotatable bonds is 1. The van der Waals surface area contributed by atoms with Crippen molar-refractivity contribution < 1.29 is 9.90 Å². The lowest BCUT2D eigenvalue weighted by molar-refractivity contribution is 0.0765. The van der Waals surface area contributed by atoms with E-state index < -0.39 is 0 Å². The van der Waals surface area contributed by atoms with E-state index in [0.717, 1.165) is 3.57 Å². The summed E-state index contributed by atoms with van der Waals surface area (Å²) in [6.45, 7) is 1.12. The number of aliphatic hydroxyl groups is 1. The van der Waals surface area contributed by atoms with Crippen LogP contribution in [0.2, 0.25) is 0 Å². The van der Waals surface area contributed by atoms with Gasteiger partial charge >= 0.3 is 0 Å².